The van der Waals surface area contributed by atoms with Crippen LogP contribution in [0.3, 0.4) is 0 Å². The highest BCUT2D eigenvalue weighted by atomic mass is 16.5. The number of nitrogens with zero attached hydrogens (tertiary/aromatic N) is 5. The maximum Gasteiger partial charge on any atom is 0.259 e. The maximum atomic E-state index is 12.9. The van der Waals surface area contributed by atoms with Crippen molar-refractivity contribution in [1.82, 2.24) is 20.0 Å². The second-order valence-electron chi connectivity index (χ2n) is 8.85. The summed E-state index contributed by atoms with van der Waals surface area (Å²) in [5.74, 6) is 2.59. The zero-order valence-electron chi connectivity index (χ0n) is 16.7. The van der Waals surface area contributed by atoms with Crippen LogP contribution in [0.2, 0.25) is 0 Å². The van der Waals surface area contributed by atoms with E-state index >= 15 is 0 Å². The van der Waals surface area contributed by atoms with E-state index in [9.17, 15) is 4.79 Å². The number of rotatable bonds is 2. The lowest BCUT2D eigenvalue weighted by molar-refractivity contribution is 0.0780. The SMILES string of the molecule is Cc1noc(C)c1C(=O)N1CC2CN(c3cc(C(C)(C)C)ncn3)CC2C1. The summed E-state index contributed by atoms with van der Waals surface area (Å²) in [6.07, 6.45) is 1.66. The summed E-state index contributed by atoms with van der Waals surface area (Å²) in [7, 11) is 0. The molecule has 0 saturated carbocycles. The van der Waals surface area contributed by atoms with Crippen molar-refractivity contribution in [2.75, 3.05) is 31.1 Å². The molecule has 27 heavy (non-hydrogen) atoms. The van der Waals surface area contributed by atoms with E-state index in [2.05, 4.69) is 46.9 Å². The molecule has 1 amide bonds. The lowest BCUT2D eigenvalue weighted by atomic mass is 9.92. The largest absolute Gasteiger partial charge is 0.361 e. The maximum absolute atomic E-state index is 12.9. The van der Waals surface area contributed by atoms with E-state index < -0.39 is 0 Å². The Bertz CT molecular complexity index is 836. The van der Waals surface area contributed by atoms with E-state index in [1.54, 1.807) is 13.3 Å². The van der Waals surface area contributed by atoms with E-state index in [4.69, 9.17) is 4.52 Å². The average Bonchev–Trinajstić information content (AvgIpc) is 3.27. The van der Waals surface area contributed by atoms with Crippen molar-refractivity contribution in [3.63, 3.8) is 0 Å². The third-order valence-electron chi connectivity index (χ3n) is 5.77. The van der Waals surface area contributed by atoms with Gasteiger partial charge in [0.15, 0.2) is 0 Å². The van der Waals surface area contributed by atoms with Gasteiger partial charge in [-0.15, -0.1) is 0 Å². The van der Waals surface area contributed by atoms with Crippen LogP contribution in [-0.4, -0.2) is 52.1 Å². The third-order valence-corrected chi connectivity index (χ3v) is 5.77. The van der Waals surface area contributed by atoms with E-state index in [1.807, 2.05) is 11.8 Å². The topological polar surface area (TPSA) is 75.4 Å². The third kappa shape index (κ3) is 3.19. The molecule has 0 aliphatic carbocycles. The first-order valence-electron chi connectivity index (χ1n) is 9.53. The number of anilines is 1. The van der Waals surface area contributed by atoms with Gasteiger partial charge in [0.25, 0.3) is 5.91 Å². The summed E-state index contributed by atoms with van der Waals surface area (Å²) >= 11 is 0. The molecule has 2 unspecified atom stereocenters. The minimum atomic E-state index is 0.00481. The number of amides is 1. The molecule has 2 aromatic rings. The van der Waals surface area contributed by atoms with E-state index in [0.717, 1.165) is 37.7 Å². The van der Waals surface area contributed by atoms with Gasteiger partial charge in [0.1, 0.15) is 23.5 Å². The summed E-state index contributed by atoms with van der Waals surface area (Å²) in [5, 5.41) is 3.92. The van der Waals surface area contributed by atoms with Gasteiger partial charge in [-0.2, -0.15) is 0 Å². The summed E-state index contributed by atoms with van der Waals surface area (Å²) in [4.78, 5) is 26.1. The highest BCUT2D eigenvalue weighted by molar-refractivity contribution is 5.96. The lowest BCUT2D eigenvalue weighted by Crippen LogP contribution is -2.34. The molecule has 2 aliphatic heterocycles. The Hall–Kier alpha value is -2.44. The molecule has 2 aromatic heterocycles. The van der Waals surface area contributed by atoms with E-state index in [0.29, 0.717) is 28.9 Å². The normalized spacial score (nSPS) is 22.4. The van der Waals surface area contributed by atoms with Gasteiger partial charge < -0.3 is 14.3 Å². The molecule has 2 saturated heterocycles. The fraction of sp³-hybridized carbons (Fsp3) is 0.600. The molecule has 144 valence electrons. The van der Waals surface area contributed by atoms with Crippen LogP contribution >= 0.6 is 0 Å². The monoisotopic (exact) mass is 369 g/mol. The van der Waals surface area contributed by atoms with Crippen molar-refractivity contribution in [1.29, 1.82) is 0 Å². The van der Waals surface area contributed by atoms with Crippen LogP contribution in [0.4, 0.5) is 5.82 Å². The quantitative estimate of drug-likeness (QED) is 0.810. The minimum absolute atomic E-state index is 0.00481. The summed E-state index contributed by atoms with van der Waals surface area (Å²) < 4.78 is 5.16. The van der Waals surface area contributed by atoms with Crippen molar-refractivity contribution < 1.29 is 9.32 Å². The fourth-order valence-corrected chi connectivity index (χ4v) is 4.22. The van der Waals surface area contributed by atoms with Crippen LogP contribution in [0.25, 0.3) is 0 Å². The number of likely N-dealkylation sites (tertiary alicyclic amines) is 1. The van der Waals surface area contributed by atoms with Gasteiger partial charge in [-0.05, 0) is 13.8 Å². The molecule has 2 aliphatic rings. The van der Waals surface area contributed by atoms with Gasteiger partial charge in [0, 0.05) is 49.5 Å². The van der Waals surface area contributed by atoms with Crippen molar-refractivity contribution in [2.45, 2.75) is 40.0 Å². The van der Waals surface area contributed by atoms with Crippen molar-refractivity contribution >= 4 is 11.7 Å². The first kappa shape index (κ1) is 17.9. The Morgan fingerprint density at radius 1 is 1.11 bits per heavy atom. The lowest BCUT2D eigenvalue weighted by Gasteiger charge is -2.24. The number of fused-ring (bicyclic) bond motifs is 1. The van der Waals surface area contributed by atoms with Crippen molar-refractivity contribution in [2.24, 2.45) is 11.8 Å². The van der Waals surface area contributed by atoms with Crippen molar-refractivity contribution in [3.8, 4) is 0 Å². The molecule has 4 rings (SSSR count). The zero-order chi connectivity index (χ0) is 19.3. The van der Waals surface area contributed by atoms with Gasteiger partial charge in [0.05, 0.1) is 11.4 Å². The van der Waals surface area contributed by atoms with Gasteiger partial charge >= 0.3 is 0 Å². The predicted octanol–water partition coefficient (Wildman–Crippen LogP) is 2.59. The number of hydrogen-bond donors (Lipinski definition) is 0. The molecule has 0 N–H and O–H groups in total. The number of aromatic nitrogens is 3. The Morgan fingerprint density at radius 3 is 2.33 bits per heavy atom. The Kier molecular flexibility index (Phi) is 4.20. The highest BCUT2D eigenvalue weighted by Gasteiger charge is 2.43. The molecule has 2 fully saturated rings. The van der Waals surface area contributed by atoms with E-state index in [-0.39, 0.29) is 11.3 Å². The van der Waals surface area contributed by atoms with Gasteiger partial charge in [-0.3, -0.25) is 4.79 Å². The second kappa shape index (κ2) is 6.32. The molecule has 7 nitrogen and oxygen atoms in total. The number of carbonyl (C=O) groups is 1. The average molecular weight is 369 g/mol. The zero-order valence-corrected chi connectivity index (χ0v) is 16.7. The highest BCUT2D eigenvalue weighted by Crippen LogP contribution is 2.35. The predicted molar refractivity (Wildman–Crippen MR) is 102 cm³/mol. The summed E-state index contributed by atoms with van der Waals surface area (Å²) in [6.45, 7) is 13.5. The van der Waals surface area contributed by atoms with Crippen molar-refractivity contribution in [3.05, 3.63) is 35.1 Å². The number of aryl methyl sites for hydroxylation is 2. The molecule has 7 heteroatoms. The standard InChI is InChI=1S/C20H27N5O2/c1-12-18(13(2)27-23-12)19(26)25-9-14-7-24(8-15(14)10-25)17-6-16(20(3,4)5)21-11-22-17/h6,11,14-15H,7-10H2,1-5H3. The first-order valence-corrected chi connectivity index (χ1v) is 9.53. The second-order valence-corrected chi connectivity index (χ2v) is 8.85. The van der Waals surface area contributed by atoms with E-state index in [1.165, 1.54) is 0 Å². The van der Waals surface area contributed by atoms with Gasteiger partial charge in [-0.1, -0.05) is 25.9 Å². The van der Waals surface area contributed by atoms with Crippen LogP contribution < -0.4 is 4.90 Å². The summed E-state index contributed by atoms with van der Waals surface area (Å²) in [5.41, 5.74) is 2.36. The van der Waals surface area contributed by atoms with Crippen LogP contribution in [0.1, 0.15) is 48.3 Å². The fourth-order valence-electron chi connectivity index (χ4n) is 4.22. The van der Waals surface area contributed by atoms with Crippen LogP contribution in [-0.2, 0) is 5.41 Å². The molecule has 0 bridgehead atoms. The summed E-state index contributed by atoms with van der Waals surface area (Å²) in [6, 6.07) is 2.10. The number of hydrogen-bond acceptors (Lipinski definition) is 6. The smallest absolute Gasteiger partial charge is 0.259 e. The van der Waals surface area contributed by atoms with Gasteiger partial charge in [-0.25, -0.2) is 9.97 Å². The molecule has 0 spiro atoms. The molecular weight excluding hydrogens is 342 g/mol. The Balaban J connectivity index is 1.45. The molecule has 4 heterocycles. The van der Waals surface area contributed by atoms with Crippen LogP contribution in [0.5, 0.6) is 0 Å². The van der Waals surface area contributed by atoms with Gasteiger partial charge in [0.2, 0.25) is 0 Å². The molecular formula is C20H27N5O2. The minimum Gasteiger partial charge on any atom is -0.361 e. The van der Waals surface area contributed by atoms with Crippen LogP contribution in [0.15, 0.2) is 16.9 Å². The van der Waals surface area contributed by atoms with Crippen LogP contribution in [0, 0.1) is 25.7 Å². The first-order chi connectivity index (χ1) is 12.7. The Labute approximate surface area is 159 Å². The number of carbonyl (C=O) groups excluding carboxylic acids is 1. The Morgan fingerprint density at radius 2 is 1.78 bits per heavy atom. The molecule has 0 radical (unpaired) electrons. The molecule has 2 atom stereocenters. The molecule has 0 aromatic carbocycles.